The maximum atomic E-state index is 12.5. The van der Waals surface area contributed by atoms with Crippen LogP contribution in [0.4, 0.5) is 4.79 Å². The number of ether oxygens (including phenoxy) is 1. The van der Waals surface area contributed by atoms with Gasteiger partial charge in [-0.2, -0.15) is 0 Å². The smallest absolute Gasteiger partial charge is 0.410 e. The molecule has 0 aliphatic rings. The molecule has 25 heavy (non-hydrogen) atoms. The van der Waals surface area contributed by atoms with Crippen molar-refractivity contribution < 1.29 is 14.6 Å². The summed E-state index contributed by atoms with van der Waals surface area (Å²) in [6.45, 7) is 2.66. The first-order valence-corrected chi connectivity index (χ1v) is 8.48. The Balaban J connectivity index is 1.95. The third kappa shape index (κ3) is 6.95. The van der Waals surface area contributed by atoms with Crippen LogP contribution in [-0.4, -0.2) is 54.3 Å². The van der Waals surface area contributed by atoms with Crippen molar-refractivity contribution in [2.45, 2.75) is 13.2 Å². The van der Waals surface area contributed by atoms with E-state index in [1.807, 2.05) is 72.6 Å². The maximum absolute atomic E-state index is 12.5. The van der Waals surface area contributed by atoms with Gasteiger partial charge in [-0.15, -0.1) is 0 Å². The van der Waals surface area contributed by atoms with Crippen LogP contribution in [0.5, 0.6) is 0 Å². The van der Waals surface area contributed by atoms with E-state index in [1.165, 1.54) is 0 Å². The third-order valence-electron chi connectivity index (χ3n) is 3.91. The lowest BCUT2D eigenvalue weighted by atomic mass is 10.2. The molecule has 2 rings (SSSR count). The number of likely N-dealkylation sites (N-methyl/N-ethyl adjacent to an activating group) is 1. The molecule has 2 aromatic carbocycles. The van der Waals surface area contributed by atoms with E-state index >= 15 is 0 Å². The zero-order valence-corrected chi connectivity index (χ0v) is 14.7. The van der Waals surface area contributed by atoms with Crippen LogP contribution in [0.25, 0.3) is 0 Å². The number of aliphatic hydroxyl groups is 1. The molecule has 1 amide bonds. The van der Waals surface area contributed by atoms with E-state index in [1.54, 1.807) is 4.90 Å². The largest absolute Gasteiger partial charge is 0.445 e. The van der Waals surface area contributed by atoms with Gasteiger partial charge < -0.3 is 19.6 Å². The first-order valence-electron chi connectivity index (χ1n) is 8.48. The van der Waals surface area contributed by atoms with Crippen molar-refractivity contribution in [3.63, 3.8) is 0 Å². The summed E-state index contributed by atoms with van der Waals surface area (Å²) < 4.78 is 5.47. The van der Waals surface area contributed by atoms with Crippen LogP contribution in [0, 0.1) is 0 Å². The Hall–Kier alpha value is -2.37. The molecule has 5 nitrogen and oxygen atoms in total. The fraction of sp³-hybridized carbons (Fsp3) is 0.350. The van der Waals surface area contributed by atoms with E-state index in [-0.39, 0.29) is 19.3 Å². The minimum Gasteiger partial charge on any atom is -0.445 e. The highest BCUT2D eigenvalue weighted by atomic mass is 16.6. The van der Waals surface area contributed by atoms with Crippen LogP contribution in [0.2, 0.25) is 0 Å². The number of carbonyl (C=O) groups excluding carboxylic acids is 1. The van der Waals surface area contributed by atoms with Gasteiger partial charge in [-0.1, -0.05) is 60.7 Å². The van der Waals surface area contributed by atoms with Crippen molar-refractivity contribution in [3.8, 4) is 0 Å². The Morgan fingerprint density at radius 2 is 1.52 bits per heavy atom. The number of benzene rings is 2. The van der Waals surface area contributed by atoms with E-state index in [2.05, 4.69) is 0 Å². The minimum atomic E-state index is -0.329. The summed E-state index contributed by atoms with van der Waals surface area (Å²) in [5.41, 5.74) is 2.02. The molecule has 0 aliphatic carbocycles. The van der Waals surface area contributed by atoms with Crippen LogP contribution in [-0.2, 0) is 17.9 Å². The lowest BCUT2D eigenvalue weighted by molar-refractivity contribution is 0.0891. The summed E-state index contributed by atoms with van der Waals surface area (Å²) in [6, 6.07) is 19.5. The second kappa shape index (κ2) is 10.5. The van der Waals surface area contributed by atoms with Crippen molar-refractivity contribution in [3.05, 3.63) is 71.8 Å². The predicted molar refractivity (Wildman–Crippen MR) is 98.1 cm³/mol. The van der Waals surface area contributed by atoms with Gasteiger partial charge >= 0.3 is 6.09 Å². The molecule has 0 radical (unpaired) electrons. The van der Waals surface area contributed by atoms with E-state index in [9.17, 15) is 4.79 Å². The summed E-state index contributed by atoms with van der Waals surface area (Å²) in [4.78, 5) is 16.2. The van der Waals surface area contributed by atoms with Crippen LogP contribution in [0.3, 0.4) is 0 Å². The van der Waals surface area contributed by atoms with Crippen LogP contribution < -0.4 is 0 Å². The average molecular weight is 342 g/mol. The van der Waals surface area contributed by atoms with E-state index < -0.39 is 0 Å². The van der Waals surface area contributed by atoms with E-state index in [0.717, 1.165) is 11.1 Å². The van der Waals surface area contributed by atoms with Gasteiger partial charge in [0.2, 0.25) is 0 Å². The molecule has 0 unspecified atom stereocenters. The zero-order valence-electron chi connectivity index (χ0n) is 14.7. The lowest BCUT2D eigenvalue weighted by Crippen LogP contribution is -2.38. The third-order valence-corrected chi connectivity index (χ3v) is 3.91. The van der Waals surface area contributed by atoms with Gasteiger partial charge in [0.05, 0.1) is 6.61 Å². The van der Waals surface area contributed by atoms with Gasteiger partial charge in [0.1, 0.15) is 6.61 Å². The van der Waals surface area contributed by atoms with Gasteiger partial charge in [0, 0.05) is 26.2 Å². The zero-order chi connectivity index (χ0) is 17.9. The lowest BCUT2D eigenvalue weighted by Gasteiger charge is -2.25. The fourth-order valence-corrected chi connectivity index (χ4v) is 2.42. The molecule has 0 fully saturated rings. The number of hydrogen-bond donors (Lipinski definition) is 1. The van der Waals surface area contributed by atoms with Crippen molar-refractivity contribution in [1.29, 1.82) is 0 Å². The first kappa shape index (κ1) is 19.0. The van der Waals surface area contributed by atoms with Crippen molar-refractivity contribution >= 4 is 6.09 Å². The molecule has 134 valence electrons. The monoisotopic (exact) mass is 342 g/mol. The topological polar surface area (TPSA) is 53.0 Å². The van der Waals surface area contributed by atoms with Gasteiger partial charge in [-0.25, -0.2) is 4.79 Å². The van der Waals surface area contributed by atoms with E-state index in [4.69, 9.17) is 9.84 Å². The van der Waals surface area contributed by atoms with Crippen molar-refractivity contribution in [2.75, 3.05) is 33.3 Å². The van der Waals surface area contributed by atoms with Gasteiger partial charge in [-0.05, 0) is 18.2 Å². The highest BCUT2D eigenvalue weighted by Gasteiger charge is 2.16. The second-order valence-electron chi connectivity index (χ2n) is 5.97. The Labute approximate surface area is 149 Å². The van der Waals surface area contributed by atoms with Crippen LogP contribution >= 0.6 is 0 Å². The van der Waals surface area contributed by atoms with E-state index in [0.29, 0.717) is 26.2 Å². The van der Waals surface area contributed by atoms with Gasteiger partial charge in [0.25, 0.3) is 0 Å². The summed E-state index contributed by atoms with van der Waals surface area (Å²) >= 11 is 0. The number of amides is 1. The standard InChI is InChI=1S/C20H26N2O3/c1-21(14-15-23)12-13-22(16-18-8-4-2-5-9-18)20(24)25-17-19-10-6-3-7-11-19/h2-11,23H,12-17H2,1H3. The Bertz CT molecular complexity index is 619. The summed E-state index contributed by atoms with van der Waals surface area (Å²) in [5.74, 6) is 0. The summed E-state index contributed by atoms with van der Waals surface area (Å²) in [5, 5.41) is 9.01. The SMILES string of the molecule is CN(CCO)CCN(Cc1ccccc1)C(=O)OCc1ccccc1. The number of nitrogens with zero attached hydrogens (tertiary/aromatic N) is 2. The van der Waals surface area contributed by atoms with Crippen LogP contribution in [0.15, 0.2) is 60.7 Å². The first-order chi connectivity index (χ1) is 12.2. The molecule has 1 N–H and O–H groups in total. The molecule has 5 heteroatoms. The molecule has 0 bridgehead atoms. The number of aliphatic hydroxyl groups excluding tert-OH is 1. The van der Waals surface area contributed by atoms with Crippen molar-refractivity contribution in [1.82, 2.24) is 9.80 Å². The Kier molecular flexibility index (Phi) is 7.95. The molecule has 2 aromatic rings. The Morgan fingerprint density at radius 3 is 2.12 bits per heavy atom. The predicted octanol–water partition coefficient (Wildman–Crippen LogP) is 2.75. The highest BCUT2D eigenvalue weighted by molar-refractivity contribution is 5.67. The molecule has 0 heterocycles. The number of carbonyl (C=O) groups is 1. The van der Waals surface area contributed by atoms with Crippen LogP contribution in [0.1, 0.15) is 11.1 Å². The van der Waals surface area contributed by atoms with Crippen molar-refractivity contribution in [2.24, 2.45) is 0 Å². The molecule has 0 saturated carbocycles. The molecule has 0 saturated heterocycles. The molecular weight excluding hydrogens is 316 g/mol. The minimum absolute atomic E-state index is 0.105. The summed E-state index contributed by atoms with van der Waals surface area (Å²) in [7, 11) is 1.92. The molecule has 0 aliphatic heterocycles. The number of rotatable bonds is 9. The second-order valence-corrected chi connectivity index (χ2v) is 5.97. The summed E-state index contributed by atoms with van der Waals surface area (Å²) in [6.07, 6.45) is -0.329. The quantitative estimate of drug-likeness (QED) is 0.761. The molecule has 0 atom stereocenters. The molecular formula is C20H26N2O3. The Morgan fingerprint density at radius 1 is 0.920 bits per heavy atom. The van der Waals surface area contributed by atoms with Gasteiger partial charge in [0.15, 0.2) is 0 Å². The maximum Gasteiger partial charge on any atom is 0.410 e. The normalized spacial score (nSPS) is 10.7. The van der Waals surface area contributed by atoms with Gasteiger partial charge in [-0.3, -0.25) is 0 Å². The number of hydrogen-bond acceptors (Lipinski definition) is 4. The average Bonchev–Trinajstić information content (AvgIpc) is 2.65. The highest BCUT2D eigenvalue weighted by Crippen LogP contribution is 2.08. The molecule has 0 spiro atoms. The fourth-order valence-electron chi connectivity index (χ4n) is 2.42. The molecule has 0 aromatic heterocycles.